The highest BCUT2D eigenvalue weighted by Crippen LogP contribution is 2.42. The van der Waals surface area contributed by atoms with Gasteiger partial charge in [-0.1, -0.05) is 61.5 Å². The Morgan fingerprint density at radius 3 is 2.33 bits per heavy atom. The molecule has 2 aromatic carbocycles. The highest BCUT2D eigenvalue weighted by atomic mass is 32.2. The Morgan fingerprint density at radius 2 is 1.60 bits per heavy atom. The molecule has 0 radical (unpaired) electrons. The summed E-state index contributed by atoms with van der Waals surface area (Å²) < 4.78 is 11.1. The number of hydrogen-bond acceptors (Lipinski definition) is 5. The number of ether oxygens (including phenoxy) is 2. The van der Waals surface area contributed by atoms with Crippen LogP contribution in [0.4, 0.5) is 0 Å². The topological polar surface area (TPSA) is 55.8 Å². The summed E-state index contributed by atoms with van der Waals surface area (Å²) in [6.45, 7) is 3.68. The van der Waals surface area contributed by atoms with Gasteiger partial charge >= 0.3 is 0 Å². The minimum Gasteiger partial charge on any atom is -0.496 e. The lowest BCUT2D eigenvalue weighted by atomic mass is 10.1. The van der Waals surface area contributed by atoms with E-state index in [9.17, 15) is 9.59 Å². The van der Waals surface area contributed by atoms with E-state index >= 15 is 0 Å². The number of para-hydroxylation sites is 1. The zero-order valence-corrected chi connectivity index (χ0v) is 18.2. The first-order valence-corrected chi connectivity index (χ1v) is 11.0. The van der Waals surface area contributed by atoms with Crippen molar-refractivity contribution in [2.24, 2.45) is 0 Å². The van der Waals surface area contributed by atoms with Gasteiger partial charge in [0.1, 0.15) is 5.75 Å². The lowest BCUT2D eigenvalue weighted by Crippen LogP contribution is -2.33. The number of nitrogens with zero attached hydrogens (tertiary/aromatic N) is 1. The van der Waals surface area contributed by atoms with Gasteiger partial charge in [0.25, 0.3) is 11.8 Å². The van der Waals surface area contributed by atoms with E-state index in [0.29, 0.717) is 48.0 Å². The first-order chi connectivity index (χ1) is 14.7. The summed E-state index contributed by atoms with van der Waals surface area (Å²) in [5.41, 5.74) is 1.04. The molecule has 0 aromatic heterocycles. The second kappa shape index (κ2) is 11.0. The predicted molar refractivity (Wildman–Crippen MR) is 119 cm³/mol. The maximum absolute atomic E-state index is 13.3. The molecule has 158 valence electrons. The molecule has 1 aliphatic rings. The molecule has 0 N–H and O–H groups in total. The van der Waals surface area contributed by atoms with Crippen molar-refractivity contribution in [3.05, 3.63) is 65.1 Å². The van der Waals surface area contributed by atoms with Crippen molar-refractivity contribution in [2.45, 2.75) is 31.1 Å². The average Bonchev–Trinajstić information content (AvgIpc) is 3.00. The summed E-state index contributed by atoms with van der Waals surface area (Å²) in [7, 11) is 1.57. The van der Waals surface area contributed by atoms with Gasteiger partial charge in [-0.25, -0.2) is 0 Å². The standard InChI is InChI=1S/C24H27NO4S/c1-3-4-16-29-17-10-15-25-23(26)21(19-13-8-9-14-20(19)28-2)22(24(25)27)30-18-11-6-5-7-12-18/h5-9,11-14H,3-4,10,15-17H2,1-2H3. The van der Waals surface area contributed by atoms with Crippen LogP contribution in [0.25, 0.3) is 5.57 Å². The van der Waals surface area contributed by atoms with E-state index < -0.39 is 0 Å². The third-order valence-corrected chi connectivity index (χ3v) is 5.87. The number of imide groups is 1. The number of unbranched alkanes of at least 4 members (excludes halogenated alkanes) is 1. The van der Waals surface area contributed by atoms with E-state index in [1.54, 1.807) is 13.2 Å². The number of amides is 2. The molecular weight excluding hydrogens is 398 g/mol. The molecule has 2 aromatic rings. The van der Waals surface area contributed by atoms with Gasteiger partial charge in [-0.05, 0) is 31.0 Å². The first kappa shape index (κ1) is 22.1. The number of methoxy groups -OCH3 is 1. The number of benzene rings is 2. The Hall–Kier alpha value is -2.57. The fourth-order valence-corrected chi connectivity index (χ4v) is 4.25. The van der Waals surface area contributed by atoms with Gasteiger partial charge < -0.3 is 9.47 Å². The molecular formula is C24H27NO4S. The molecule has 1 heterocycles. The van der Waals surface area contributed by atoms with Gasteiger partial charge in [-0.2, -0.15) is 0 Å². The fraction of sp³-hybridized carbons (Fsp3) is 0.333. The third-order valence-electron chi connectivity index (χ3n) is 4.78. The van der Waals surface area contributed by atoms with Crippen molar-refractivity contribution in [2.75, 3.05) is 26.9 Å². The SMILES string of the molecule is CCCCOCCCN1C(=O)C(Sc2ccccc2)=C(c2ccccc2OC)C1=O. The van der Waals surface area contributed by atoms with Crippen LogP contribution in [0, 0.1) is 0 Å². The number of carbonyl (C=O) groups excluding carboxylic acids is 2. The Labute approximate surface area is 182 Å². The Bertz CT molecular complexity index is 910. The van der Waals surface area contributed by atoms with Crippen molar-refractivity contribution >= 4 is 29.1 Å². The van der Waals surface area contributed by atoms with E-state index in [0.717, 1.165) is 17.7 Å². The number of thioether (sulfide) groups is 1. The van der Waals surface area contributed by atoms with Crippen LogP contribution in [0.3, 0.4) is 0 Å². The van der Waals surface area contributed by atoms with Crippen LogP contribution in [0.15, 0.2) is 64.4 Å². The quantitative estimate of drug-likeness (QED) is 0.383. The van der Waals surface area contributed by atoms with Crippen LogP contribution in [0.5, 0.6) is 5.75 Å². The molecule has 5 nitrogen and oxygen atoms in total. The highest BCUT2D eigenvalue weighted by Gasteiger charge is 2.40. The number of rotatable bonds is 11. The maximum Gasteiger partial charge on any atom is 0.268 e. The van der Waals surface area contributed by atoms with Crippen molar-refractivity contribution in [1.29, 1.82) is 0 Å². The zero-order chi connectivity index (χ0) is 21.3. The molecule has 0 aliphatic carbocycles. The van der Waals surface area contributed by atoms with Crippen LogP contribution in [0.2, 0.25) is 0 Å². The van der Waals surface area contributed by atoms with Crippen molar-refractivity contribution in [1.82, 2.24) is 4.90 Å². The number of hydrogen-bond donors (Lipinski definition) is 0. The minimum absolute atomic E-state index is 0.261. The molecule has 0 bridgehead atoms. The van der Waals surface area contributed by atoms with Gasteiger partial charge in [0.15, 0.2) is 0 Å². The molecule has 1 aliphatic heterocycles. The second-order valence-electron chi connectivity index (χ2n) is 6.90. The summed E-state index contributed by atoms with van der Waals surface area (Å²) in [4.78, 5) is 29.2. The zero-order valence-electron chi connectivity index (χ0n) is 17.4. The molecule has 0 saturated carbocycles. The first-order valence-electron chi connectivity index (χ1n) is 10.2. The molecule has 30 heavy (non-hydrogen) atoms. The molecule has 0 saturated heterocycles. The van der Waals surface area contributed by atoms with E-state index in [-0.39, 0.29) is 11.8 Å². The minimum atomic E-state index is -0.281. The normalized spacial score (nSPS) is 14.0. The smallest absolute Gasteiger partial charge is 0.268 e. The summed E-state index contributed by atoms with van der Waals surface area (Å²) in [6.07, 6.45) is 2.71. The van der Waals surface area contributed by atoms with Gasteiger partial charge in [0.05, 0.1) is 17.6 Å². The second-order valence-corrected chi connectivity index (χ2v) is 7.98. The molecule has 0 unspecified atom stereocenters. The van der Waals surface area contributed by atoms with Crippen molar-refractivity contribution in [3.63, 3.8) is 0 Å². The molecule has 6 heteroatoms. The summed E-state index contributed by atoms with van der Waals surface area (Å²) in [5.74, 6) is 0.0318. The molecule has 0 fully saturated rings. The van der Waals surface area contributed by atoms with Crippen LogP contribution < -0.4 is 4.74 Å². The van der Waals surface area contributed by atoms with Crippen LogP contribution in [0.1, 0.15) is 31.7 Å². The van der Waals surface area contributed by atoms with Gasteiger partial charge in [0, 0.05) is 30.2 Å². The Morgan fingerprint density at radius 1 is 0.900 bits per heavy atom. The highest BCUT2D eigenvalue weighted by molar-refractivity contribution is 8.04. The van der Waals surface area contributed by atoms with Crippen LogP contribution in [-0.2, 0) is 14.3 Å². The predicted octanol–water partition coefficient (Wildman–Crippen LogP) is 4.77. The average molecular weight is 426 g/mol. The fourth-order valence-electron chi connectivity index (χ4n) is 3.22. The molecule has 2 amide bonds. The maximum atomic E-state index is 13.3. The molecule has 0 atom stereocenters. The van der Waals surface area contributed by atoms with Crippen molar-refractivity contribution in [3.8, 4) is 5.75 Å². The summed E-state index contributed by atoms with van der Waals surface area (Å²) in [6, 6.07) is 16.9. The third kappa shape index (κ3) is 5.12. The Balaban J connectivity index is 1.85. The lowest BCUT2D eigenvalue weighted by molar-refractivity contribution is -0.136. The van der Waals surface area contributed by atoms with E-state index in [1.165, 1.54) is 16.7 Å². The van der Waals surface area contributed by atoms with Gasteiger partial charge in [-0.15, -0.1) is 0 Å². The number of carbonyl (C=O) groups is 2. The molecule has 3 rings (SSSR count). The van der Waals surface area contributed by atoms with Crippen LogP contribution in [-0.4, -0.2) is 43.6 Å². The molecule has 0 spiro atoms. The lowest BCUT2D eigenvalue weighted by Gasteiger charge is -2.15. The summed E-state index contributed by atoms with van der Waals surface area (Å²) >= 11 is 1.32. The van der Waals surface area contributed by atoms with Gasteiger partial charge in [-0.3, -0.25) is 14.5 Å². The Kier molecular flexibility index (Phi) is 8.11. The van der Waals surface area contributed by atoms with E-state index in [4.69, 9.17) is 9.47 Å². The van der Waals surface area contributed by atoms with E-state index in [1.807, 2.05) is 48.5 Å². The van der Waals surface area contributed by atoms with E-state index in [2.05, 4.69) is 6.92 Å². The summed E-state index contributed by atoms with van der Waals surface area (Å²) in [5, 5.41) is 0. The largest absolute Gasteiger partial charge is 0.496 e. The monoisotopic (exact) mass is 425 g/mol. The van der Waals surface area contributed by atoms with Crippen molar-refractivity contribution < 1.29 is 19.1 Å². The van der Waals surface area contributed by atoms with Crippen LogP contribution >= 0.6 is 11.8 Å². The van der Waals surface area contributed by atoms with Gasteiger partial charge in [0.2, 0.25) is 0 Å².